The topological polar surface area (TPSA) is 115 Å². The number of ether oxygens (including phenoxy) is 1. The van der Waals surface area contributed by atoms with Crippen LogP contribution in [0.1, 0.15) is 23.3 Å². The summed E-state index contributed by atoms with van der Waals surface area (Å²) in [5.41, 5.74) is 10.8. The van der Waals surface area contributed by atoms with Crippen molar-refractivity contribution in [2.45, 2.75) is 12.8 Å². The predicted molar refractivity (Wildman–Crippen MR) is 157 cm³/mol. The zero-order valence-electron chi connectivity index (χ0n) is 21.7. The number of methoxy groups -OCH3 is 1. The maximum Gasteiger partial charge on any atom is 0.321 e. The molecule has 5 aromatic rings. The van der Waals surface area contributed by atoms with Crippen LogP contribution in [0, 0.1) is 0 Å². The number of carbonyl (C=O) groups excluding carboxylic acids is 2. The summed E-state index contributed by atoms with van der Waals surface area (Å²) in [5, 5.41) is 9.76. The Bertz CT molecular complexity index is 1730. The van der Waals surface area contributed by atoms with Crippen molar-refractivity contribution in [1.29, 1.82) is 0 Å². The second kappa shape index (κ2) is 9.95. The molecule has 0 spiro atoms. The van der Waals surface area contributed by atoms with Gasteiger partial charge in [-0.3, -0.25) is 4.79 Å². The van der Waals surface area contributed by atoms with Gasteiger partial charge in [0.1, 0.15) is 17.3 Å². The lowest BCUT2D eigenvalue weighted by molar-refractivity contribution is 0.101. The zero-order chi connectivity index (χ0) is 27.1. The van der Waals surface area contributed by atoms with Crippen LogP contribution in [0.25, 0.3) is 32.1 Å². The number of urea groups is 1. The number of nitrogens with zero attached hydrogens (tertiary/aromatic N) is 3. The molecule has 0 saturated carbocycles. The number of rotatable bonds is 5. The third kappa shape index (κ3) is 4.42. The first-order valence-electron chi connectivity index (χ1n) is 12.7. The molecule has 2 aromatic carbocycles. The number of carbonyl (C=O) groups is 2. The van der Waals surface area contributed by atoms with Crippen molar-refractivity contribution in [2.24, 2.45) is 7.05 Å². The minimum atomic E-state index is -0.229. The van der Waals surface area contributed by atoms with Gasteiger partial charge in [0, 0.05) is 47.4 Å². The molecule has 0 unspecified atom stereocenters. The maximum atomic E-state index is 13.2. The molecule has 0 bridgehead atoms. The number of hydrogen-bond acceptors (Lipinski definition) is 6. The Balaban J connectivity index is 1.30. The lowest BCUT2D eigenvalue weighted by Gasteiger charge is -2.16. The number of aryl methyl sites for hydroxylation is 1. The van der Waals surface area contributed by atoms with Crippen molar-refractivity contribution in [1.82, 2.24) is 14.5 Å². The quantitative estimate of drug-likeness (QED) is 0.256. The van der Waals surface area contributed by atoms with E-state index in [9.17, 15) is 9.59 Å². The molecule has 4 heterocycles. The fourth-order valence-corrected chi connectivity index (χ4v) is 6.19. The Morgan fingerprint density at radius 1 is 1.05 bits per heavy atom. The van der Waals surface area contributed by atoms with E-state index in [1.165, 1.54) is 11.3 Å². The summed E-state index contributed by atoms with van der Waals surface area (Å²) in [6.07, 6.45) is 3.65. The average molecular weight is 541 g/mol. The molecule has 3 amide bonds. The first-order valence-corrected chi connectivity index (χ1v) is 13.6. The molecule has 1 fully saturated rings. The Hall–Kier alpha value is -4.57. The standard InChI is InChI=1S/C29H28N6O3S/c1-34-22-8-4-3-7-18(22)13-23(34)28(36)32-20-10-9-17(14-24(20)38-2)19-16-39-26-21(15-31-27(30)25(19)26)33-29(37)35-11-5-6-12-35/h3-4,7-10,13-16H,5-6,11-12H2,1-2H3,(H2,30,31)(H,32,36)(H,33,37). The lowest BCUT2D eigenvalue weighted by atomic mass is 10.0. The molecular formula is C29H28N6O3S. The summed E-state index contributed by atoms with van der Waals surface area (Å²) in [4.78, 5) is 32.1. The van der Waals surface area contributed by atoms with E-state index >= 15 is 0 Å². The fraction of sp³-hybridized carbons (Fsp3) is 0.207. The Morgan fingerprint density at radius 2 is 1.85 bits per heavy atom. The third-order valence-corrected chi connectivity index (χ3v) is 8.22. The summed E-state index contributed by atoms with van der Waals surface area (Å²) >= 11 is 1.50. The molecule has 3 aromatic heterocycles. The third-order valence-electron chi connectivity index (χ3n) is 7.20. The van der Waals surface area contributed by atoms with Gasteiger partial charge in [-0.05, 0) is 42.7 Å². The van der Waals surface area contributed by atoms with Crippen LogP contribution in [0.5, 0.6) is 5.75 Å². The van der Waals surface area contributed by atoms with Crippen LogP contribution in [-0.2, 0) is 7.05 Å². The number of pyridine rings is 1. The van der Waals surface area contributed by atoms with Crippen molar-refractivity contribution in [2.75, 3.05) is 36.6 Å². The van der Waals surface area contributed by atoms with Gasteiger partial charge in [0.2, 0.25) is 0 Å². The molecule has 9 nitrogen and oxygen atoms in total. The molecule has 6 rings (SSSR count). The van der Waals surface area contributed by atoms with Gasteiger partial charge in [-0.25, -0.2) is 9.78 Å². The highest BCUT2D eigenvalue weighted by molar-refractivity contribution is 7.18. The average Bonchev–Trinajstić information content (AvgIpc) is 3.70. The van der Waals surface area contributed by atoms with E-state index in [1.807, 2.05) is 70.4 Å². The largest absolute Gasteiger partial charge is 0.495 e. The van der Waals surface area contributed by atoms with Crippen LogP contribution < -0.4 is 21.1 Å². The van der Waals surface area contributed by atoms with E-state index in [-0.39, 0.29) is 11.9 Å². The smallest absolute Gasteiger partial charge is 0.321 e. The van der Waals surface area contributed by atoms with Gasteiger partial charge in [0.05, 0.1) is 29.4 Å². The number of fused-ring (bicyclic) bond motifs is 2. The number of anilines is 3. The van der Waals surface area contributed by atoms with Gasteiger partial charge >= 0.3 is 6.03 Å². The number of thiophene rings is 1. The monoisotopic (exact) mass is 540 g/mol. The van der Waals surface area contributed by atoms with Crippen molar-refractivity contribution in [3.63, 3.8) is 0 Å². The first-order chi connectivity index (χ1) is 18.9. The number of amides is 3. The molecule has 0 atom stereocenters. The van der Waals surface area contributed by atoms with E-state index in [0.717, 1.165) is 58.0 Å². The molecule has 0 radical (unpaired) electrons. The number of nitrogens with two attached hydrogens (primary N) is 1. The molecule has 1 aliphatic heterocycles. The number of nitrogen functional groups attached to an aromatic ring is 1. The number of hydrogen-bond donors (Lipinski definition) is 3. The van der Waals surface area contributed by atoms with Gasteiger partial charge in [0.25, 0.3) is 5.91 Å². The van der Waals surface area contributed by atoms with Crippen LogP contribution >= 0.6 is 11.3 Å². The molecule has 10 heteroatoms. The van der Waals surface area contributed by atoms with Gasteiger partial charge in [-0.1, -0.05) is 24.3 Å². The molecule has 1 aliphatic rings. The summed E-state index contributed by atoms with van der Waals surface area (Å²) in [6, 6.07) is 15.2. The van der Waals surface area contributed by atoms with E-state index in [1.54, 1.807) is 13.3 Å². The lowest BCUT2D eigenvalue weighted by Crippen LogP contribution is -2.32. The number of benzene rings is 2. The predicted octanol–water partition coefficient (Wildman–Crippen LogP) is 5.93. The van der Waals surface area contributed by atoms with Gasteiger partial charge in [-0.15, -0.1) is 11.3 Å². The van der Waals surface area contributed by atoms with E-state index in [4.69, 9.17) is 10.5 Å². The van der Waals surface area contributed by atoms with Crippen LogP contribution in [0.4, 0.5) is 22.0 Å². The fourth-order valence-electron chi connectivity index (χ4n) is 5.14. The van der Waals surface area contributed by atoms with Crippen LogP contribution in [0.2, 0.25) is 0 Å². The Kier molecular flexibility index (Phi) is 6.32. The first kappa shape index (κ1) is 24.7. The van der Waals surface area contributed by atoms with Crippen molar-refractivity contribution in [3.8, 4) is 16.9 Å². The van der Waals surface area contributed by atoms with Crippen LogP contribution in [-0.4, -0.2) is 46.6 Å². The molecule has 1 saturated heterocycles. The molecule has 4 N–H and O–H groups in total. The van der Waals surface area contributed by atoms with Gasteiger partial charge in [0.15, 0.2) is 0 Å². The maximum absolute atomic E-state index is 13.2. The number of aromatic nitrogens is 2. The summed E-state index contributed by atoms with van der Waals surface area (Å²) in [7, 11) is 3.44. The van der Waals surface area contributed by atoms with Gasteiger partial charge < -0.3 is 30.6 Å². The second-order valence-electron chi connectivity index (χ2n) is 9.55. The normalized spacial score (nSPS) is 13.2. The minimum Gasteiger partial charge on any atom is -0.495 e. The minimum absolute atomic E-state index is 0.122. The highest BCUT2D eigenvalue weighted by Crippen LogP contribution is 2.42. The van der Waals surface area contributed by atoms with E-state index in [0.29, 0.717) is 28.6 Å². The highest BCUT2D eigenvalue weighted by atomic mass is 32.1. The van der Waals surface area contributed by atoms with E-state index in [2.05, 4.69) is 15.6 Å². The summed E-state index contributed by atoms with van der Waals surface area (Å²) < 4.78 is 8.39. The molecule has 0 aliphatic carbocycles. The van der Waals surface area contributed by atoms with Crippen molar-refractivity contribution >= 4 is 61.5 Å². The van der Waals surface area contributed by atoms with Crippen LogP contribution in [0.3, 0.4) is 0 Å². The Labute approximate surface area is 229 Å². The van der Waals surface area contributed by atoms with Crippen molar-refractivity contribution in [3.05, 3.63) is 65.8 Å². The molecule has 39 heavy (non-hydrogen) atoms. The van der Waals surface area contributed by atoms with E-state index < -0.39 is 0 Å². The van der Waals surface area contributed by atoms with Gasteiger partial charge in [-0.2, -0.15) is 0 Å². The summed E-state index contributed by atoms with van der Waals surface area (Å²) in [5.74, 6) is 0.670. The molecular weight excluding hydrogens is 512 g/mol. The second-order valence-corrected chi connectivity index (χ2v) is 10.4. The number of nitrogens with one attached hydrogen (secondary N) is 2. The number of likely N-dealkylation sites (tertiary alicyclic amines) is 1. The summed E-state index contributed by atoms with van der Waals surface area (Å²) in [6.45, 7) is 1.52. The SMILES string of the molecule is COc1cc(-c2csc3c(NC(=O)N4CCCC4)cnc(N)c23)ccc1NC(=O)c1cc2ccccc2n1C. The zero-order valence-corrected chi connectivity index (χ0v) is 22.5. The van der Waals surface area contributed by atoms with Crippen LogP contribution in [0.15, 0.2) is 60.1 Å². The number of para-hydroxylation sites is 1. The highest BCUT2D eigenvalue weighted by Gasteiger charge is 2.21. The molecule has 198 valence electrons. The van der Waals surface area contributed by atoms with Crippen molar-refractivity contribution < 1.29 is 14.3 Å². The Morgan fingerprint density at radius 3 is 2.62 bits per heavy atom.